The van der Waals surface area contributed by atoms with E-state index in [9.17, 15) is 0 Å². The van der Waals surface area contributed by atoms with Gasteiger partial charge in [0.15, 0.2) is 0 Å². The number of hydrogen-bond acceptors (Lipinski definition) is 2. The van der Waals surface area contributed by atoms with Crippen LogP contribution in [-0.4, -0.2) is 24.1 Å². The minimum atomic E-state index is 0.798. The molecule has 0 saturated carbocycles. The first-order chi connectivity index (χ1) is 7.18. The Morgan fingerprint density at radius 2 is 1.73 bits per heavy atom. The van der Waals surface area contributed by atoms with Crippen molar-refractivity contribution in [1.82, 2.24) is 5.32 Å². The molecule has 0 radical (unpaired) electrons. The van der Waals surface area contributed by atoms with Crippen molar-refractivity contribution in [2.75, 3.05) is 18.8 Å². The van der Waals surface area contributed by atoms with Crippen molar-refractivity contribution in [2.45, 2.75) is 58.6 Å². The normalized spacial score (nSPS) is 13.4. The molecule has 1 nitrogen and oxygen atoms in total. The van der Waals surface area contributed by atoms with Crippen LogP contribution in [0.3, 0.4) is 0 Å². The van der Waals surface area contributed by atoms with Crippen molar-refractivity contribution in [2.24, 2.45) is 5.92 Å². The second-order valence-electron chi connectivity index (χ2n) is 4.63. The lowest BCUT2D eigenvalue weighted by atomic mass is 10.2. The zero-order chi connectivity index (χ0) is 11.5. The fraction of sp³-hybridized carbons (Fsp3) is 1.00. The van der Waals surface area contributed by atoms with E-state index in [4.69, 9.17) is 0 Å². The van der Waals surface area contributed by atoms with Crippen LogP contribution < -0.4 is 5.32 Å². The van der Waals surface area contributed by atoms with Crippen molar-refractivity contribution < 1.29 is 0 Å². The molecule has 0 aromatic rings. The molecule has 0 saturated heterocycles. The average molecular weight is 231 g/mol. The van der Waals surface area contributed by atoms with E-state index < -0.39 is 0 Å². The highest BCUT2D eigenvalue weighted by Gasteiger charge is 2.05. The van der Waals surface area contributed by atoms with Crippen LogP contribution in [0.15, 0.2) is 0 Å². The first-order valence-corrected chi connectivity index (χ1v) is 7.55. The van der Waals surface area contributed by atoms with Crippen molar-refractivity contribution in [1.29, 1.82) is 0 Å². The molecule has 92 valence electrons. The van der Waals surface area contributed by atoms with E-state index in [0.717, 1.165) is 11.2 Å². The molecule has 1 atom stereocenters. The van der Waals surface area contributed by atoms with Gasteiger partial charge in [-0.2, -0.15) is 11.8 Å². The Kier molecular flexibility index (Phi) is 11.0. The minimum absolute atomic E-state index is 0.798. The molecule has 0 aliphatic carbocycles. The van der Waals surface area contributed by atoms with Gasteiger partial charge in [0.05, 0.1) is 0 Å². The lowest BCUT2D eigenvalue weighted by molar-refractivity contribution is 0.610. The molecule has 0 aliphatic heterocycles. The van der Waals surface area contributed by atoms with Gasteiger partial charge >= 0.3 is 0 Å². The molecule has 0 aromatic heterocycles. The maximum Gasteiger partial charge on any atom is 0.00608 e. The van der Waals surface area contributed by atoms with Gasteiger partial charge in [-0.05, 0) is 18.9 Å². The van der Waals surface area contributed by atoms with E-state index in [1.54, 1.807) is 0 Å². The highest BCUT2D eigenvalue weighted by Crippen LogP contribution is 2.17. The maximum absolute atomic E-state index is 3.52. The smallest absolute Gasteiger partial charge is 0.00608 e. The summed E-state index contributed by atoms with van der Waals surface area (Å²) in [6, 6.07) is 0. The predicted molar refractivity (Wildman–Crippen MR) is 73.8 cm³/mol. The molecule has 1 unspecified atom stereocenters. The third kappa shape index (κ3) is 10.6. The van der Waals surface area contributed by atoms with Gasteiger partial charge in [-0.25, -0.2) is 0 Å². The van der Waals surface area contributed by atoms with E-state index >= 15 is 0 Å². The second kappa shape index (κ2) is 10.8. The lowest BCUT2D eigenvalue weighted by Gasteiger charge is -2.14. The Bertz CT molecular complexity index is 126. The Morgan fingerprint density at radius 3 is 2.33 bits per heavy atom. The number of unbranched alkanes of at least 4 members (excludes halogenated alkanes) is 3. The molecule has 0 aliphatic rings. The SMILES string of the molecule is CCCCCCNCCSC(C)C(C)C. The molecule has 15 heavy (non-hydrogen) atoms. The molecule has 0 spiro atoms. The average Bonchev–Trinajstić information content (AvgIpc) is 2.21. The molecule has 0 aromatic carbocycles. The van der Waals surface area contributed by atoms with E-state index in [-0.39, 0.29) is 0 Å². The van der Waals surface area contributed by atoms with Gasteiger partial charge in [-0.3, -0.25) is 0 Å². The van der Waals surface area contributed by atoms with Crippen LogP contribution in [0.1, 0.15) is 53.4 Å². The van der Waals surface area contributed by atoms with E-state index in [0.29, 0.717) is 0 Å². The summed E-state index contributed by atoms with van der Waals surface area (Å²) in [5, 5.41) is 4.32. The summed E-state index contributed by atoms with van der Waals surface area (Å²) in [4.78, 5) is 0. The van der Waals surface area contributed by atoms with E-state index in [1.807, 2.05) is 0 Å². The third-order valence-corrected chi connectivity index (χ3v) is 4.32. The summed E-state index contributed by atoms with van der Waals surface area (Å²) < 4.78 is 0. The van der Waals surface area contributed by atoms with Gasteiger partial charge in [-0.1, -0.05) is 47.0 Å². The highest BCUT2D eigenvalue weighted by atomic mass is 32.2. The Labute approximate surface area is 101 Å². The first kappa shape index (κ1) is 15.3. The topological polar surface area (TPSA) is 12.0 Å². The van der Waals surface area contributed by atoms with Crippen LogP contribution in [0, 0.1) is 5.92 Å². The molecular weight excluding hydrogens is 202 g/mol. The molecule has 0 bridgehead atoms. The fourth-order valence-electron chi connectivity index (χ4n) is 1.31. The van der Waals surface area contributed by atoms with Crippen molar-refractivity contribution in [3.8, 4) is 0 Å². The van der Waals surface area contributed by atoms with Crippen LogP contribution in [0.5, 0.6) is 0 Å². The summed E-state index contributed by atoms with van der Waals surface area (Å²) in [6.45, 7) is 11.6. The number of hydrogen-bond donors (Lipinski definition) is 1. The fourth-order valence-corrected chi connectivity index (χ4v) is 2.33. The number of rotatable bonds is 10. The Balaban J connectivity index is 3.05. The van der Waals surface area contributed by atoms with Crippen molar-refractivity contribution in [3.05, 3.63) is 0 Å². The zero-order valence-electron chi connectivity index (χ0n) is 11.0. The highest BCUT2D eigenvalue weighted by molar-refractivity contribution is 7.99. The molecule has 2 heteroatoms. The van der Waals surface area contributed by atoms with Gasteiger partial charge in [0.1, 0.15) is 0 Å². The van der Waals surface area contributed by atoms with Crippen LogP contribution in [0.2, 0.25) is 0 Å². The van der Waals surface area contributed by atoms with Crippen LogP contribution in [0.25, 0.3) is 0 Å². The molecular formula is C13H29NS. The van der Waals surface area contributed by atoms with Gasteiger partial charge < -0.3 is 5.32 Å². The molecule has 0 rings (SSSR count). The number of nitrogens with one attached hydrogen (secondary N) is 1. The van der Waals surface area contributed by atoms with Gasteiger partial charge in [0, 0.05) is 17.5 Å². The maximum atomic E-state index is 3.52. The first-order valence-electron chi connectivity index (χ1n) is 6.50. The summed E-state index contributed by atoms with van der Waals surface area (Å²) >= 11 is 2.09. The van der Waals surface area contributed by atoms with Crippen LogP contribution in [0.4, 0.5) is 0 Å². The van der Waals surface area contributed by atoms with Crippen molar-refractivity contribution >= 4 is 11.8 Å². The summed E-state index contributed by atoms with van der Waals surface area (Å²) in [5.41, 5.74) is 0. The second-order valence-corrected chi connectivity index (χ2v) is 6.12. The third-order valence-electron chi connectivity index (χ3n) is 2.81. The minimum Gasteiger partial charge on any atom is -0.316 e. The summed E-state index contributed by atoms with van der Waals surface area (Å²) in [5.74, 6) is 2.06. The quantitative estimate of drug-likeness (QED) is 0.572. The number of thioether (sulfide) groups is 1. The van der Waals surface area contributed by atoms with Gasteiger partial charge in [-0.15, -0.1) is 0 Å². The van der Waals surface area contributed by atoms with E-state index in [2.05, 4.69) is 44.8 Å². The molecule has 0 heterocycles. The standard InChI is InChI=1S/C13H29NS/c1-5-6-7-8-9-14-10-11-15-13(4)12(2)3/h12-14H,5-11H2,1-4H3. The molecule has 0 fully saturated rings. The van der Waals surface area contributed by atoms with E-state index in [1.165, 1.54) is 44.5 Å². The van der Waals surface area contributed by atoms with Gasteiger partial charge in [0.25, 0.3) is 0 Å². The Morgan fingerprint density at radius 1 is 1.00 bits per heavy atom. The Hall–Kier alpha value is 0.310. The summed E-state index contributed by atoms with van der Waals surface area (Å²) in [7, 11) is 0. The van der Waals surface area contributed by atoms with Crippen molar-refractivity contribution in [3.63, 3.8) is 0 Å². The lowest BCUT2D eigenvalue weighted by Crippen LogP contribution is -2.20. The van der Waals surface area contributed by atoms with Crippen LogP contribution in [-0.2, 0) is 0 Å². The van der Waals surface area contributed by atoms with Gasteiger partial charge in [0.2, 0.25) is 0 Å². The largest absolute Gasteiger partial charge is 0.316 e. The monoisotopic (exact) mass is 231 g/mol. The zero-order valence-corrected chi connectivity index (χ0v) is 11.8. The summed E-state index contributed by atoms with van der Waals surface area (Å²) in [6.07, 6.45) is 5.46. The predicted octanol–water partition coefficient (Wildman–Crippen LogP) is 3.93. The molecule has 0 amide bonds. The molecule has 1 N–H and O–H groups in total. The van der Waals surface area contributed by atoms with Crippen LogP contribution >= 0.6 is 11.8 Å².